The van der Waals surface area contributed by atoms with E-state index in [1.807, 2.05) is 35.2 Å². The average Bonchev–Trinajstić information content (AvgIpc) is 3.05. The fourth-order valence-corrected chi connectivity index (χ4v) is 2.58. The van der Waals surface area contributed by atoms with Gasteiger partial charge in [0.1, 0.15) is 5.69 Å². The molecule has 0 fully saturated rings. The third-order valence-electron chi connectivity index (χ3n) is 2.90. The number of rotatable bonds is 3. The van der Waals surface area contributed by atoms with Crippen molar-refractivity contribution in [3.8, 4) is 0 Å². The van der Waals surface area contributed by atoms with Crippen molar-refractivity contribution in [2.24, 2.45) is 7.05 Å². The summed E-state index contributed by atoms with van der Waals surface area (Å²) < 4.78 is 7.12. The van der Waals surface area contributed by atoms with Gasteiger partial charge in [-0.3, -0.25) is 4.79 Å². The van der Waals surface area contributed by atoms with E-state index in [4.69, 9.17) is 4.42 Å². The predicted molar refractivity (Wildman–Crippen MR) is 70.7 cm³/mol. The number of amides is 1. The minimum absolute atomic E-state index is 0.0858. The van der Waals surface area contributed by atoms with Gasteiger partial charge in [-0.2, -0.15) is 0 Å². The maximum absolute atomic E-state index is 12.1. The molecule has 0 radical (unpaired) electrons. The number of hydrogen-bond donors (Lipinski definition) is 1. The van der Waals surface area contributed by atoms with Crippen LogP contribution in [0.15, 0.2) is 40.3 Å². The number of nitrogens with one attached hydrogen (secondary N) is 1. The number of nitrogens with zero attached hydrogens (tertiary/aromatic N) is 1. The lowest BCUT2D eigenvalue weighted by atomic mass is 10.4. The summed E-state index contributed by atoms with van der Waals surface area (Å²) in [6.45, 7) is 0.559. The molecule has 0 aliphatic rings. The zero-order chi connectivity index (χ0) is 12.5. The monoisotopic (exact) mass is 260 g/mol. The summed E-state index contributed by atoms with van der Waals surface area (Å²) in [7, 11) is 1.86. The normalized spacial score (nSPS) is 10.9. The SMILES string of the molecule is Cn1c(C(=O)NCc2cccs2)cc2occc21. The Labute approximate surface area is 108 Å². The summed E-state index contributed by atoms with van der Waals surface area (Å²) in [6.07, 6.45) is 1.62. The largest absolute Gasteiger partial charge is 0.463 e. The van der Waals surface area contributed by atoms with Crippen molar-refractivity contribution in [1.82, 2.24) is 9.88 Å². The van der Waals surface area contributed by atoms with Crippen LogP contribution in [0.5, 0.6) is 0 Å². The van der Waals surface area contributed by atoms with Gasteiger partial charge in [-0.05, 0) is 11.4 Å². The molecule has 1 N–H and O–H groups in total. The van der Waals surface area contributed by atoms with Gasteiger partial charge >= 0.3 is 0 Å². The first-order chi connectivity index (χ1) is 8.75. The molecule has 0 aliphatic heterocycles. The van der Waals surface area contributed by atoms with Gasteiger partial charge in [0, 0.05) is 24.1 Å². The first-order valence-electron chi connectivity index (χ1n) is 5.59. The molecule has 4 nitrogen and oxygen atoms in total. The van der Waals surface area contributed by atoms with Crippen LogP contribution in [0.25, 0.3) is 11.1 Å². The molecule has 3 aromatic rings. The highest BCUT2D eigenvalue weighted by molar-refractivity contribution is 7.09. The molecule has 0 bridgehead atoms. The first-order valence-corrected chi connectivity index (χ1v) is 6.47. The fourth-order valence-electron chi connectivity index (χ4n) is 1.94. The van der Waals surface area contributed by atoms with E-state index in [0.717, 1.165) is 16.0 Å². The quantitative estimate of drug-likeness (QED) is 0.787. The summed E-state index contributed by atoms with van der Waals surface area (Å²) in [5.74, 6) is -0.0858. The smallest absolute Gasteiger partial charge is 0.268 e. The molecule has 0 aromatic carbocycles. The Bertz CT molecular complexity index is 679. The highest BCUT2D eigenvalue weighted by Gasteiger charge is 2.14. The van der Waals surface area contributed by atoms with Gasteiger partial charge in [0.25, 0.3) is 5.91 Å². The van der Waals surface area contributed by atoms with Crippen LogP contribution in [-0.4, -0.2) is 10.5 Å². The molecule has 5 heteroatoms. The topological polar surface area (TPSA) is 47.2 Å². The summed E-state index contributed by atoms with van der Waals surface area (Å²) in [5.41, 5.74) is 2.27. The molecule has 0 atom stereocenters. The Morgan fingerprint density at radius 2 is 2.39 bits per heavy atom. The highest BCUT2D eigenvalue weighted by Crippen LogP contribution is 2.19. The van der Waals surface area contributed by atoms with Crippen LogP contribution in [0.2, 0.25) is 0 Å². The lowest BCUT2D eigenvalue weighted by Crippen LogP contribution is -2.24. The van der Waals surface area contributed by atoms with E-state index in [-0.39, 0.29) is 5.91 Å². The molecule has 92 valence electrons. The lowest BCUT2D eigenvalue weighted by Gasteiger charge is -2.04. The minimum Gasteiger partial charge on any atom is -0.463 e. The molecule has 18 heavy (non-hydrogen) atoms. The molecule has 3 rings (SSSR count). The van der Waals surface area contributed by atoms with Crippen LogP contribution in [0.1, 0.15) is 15.4 Å². The van der Waals surface area contributed by atoms with Crippen molar-refractivity contribution in [2.45, 2.75) is 6.54 Å². The first kappa shape index (κ1) is 11.1. The van der Waals surface area contributed by atoms with Crippen molar-refractivity contribution < 1.29 is 9.21 Å². The van der Waals surface area contributed by atoms with Gasteiger partial charge in [-0.25, -0.2) is 0 Å². The number of aryl methyl sites for hydroxylation is 1. The molecule has 0 unspecified atom stereocenters. The van der Waals surface area contributed by atoms with Crippen LogP contribution in [0.4, 0.5) is 0 Å². The average molecular weight is 260 g/mol. The summed E-state index contributed by atoms with van der Waals surface area (Å²) >= 11 is 1.63. The predicted octanol–water partition coefficient (Wildman–Crippen LogP) is 2.76. The number of carbonyl (C=O) groups excluding carboxylic acids is 1. The second kappa shape index (κ2) is 4.34. The molecule has 0 saturated heterocycles. The number of aromatic nitrogens is 1. The van der Waals surface area contributed by atoms with E-state index >= 15 is 0 Å². The van der Waals surface area contributed by atoms with Crippen LogP contribution in [0.3, 0.4) is 0 Å². The van der Waals surface area contributed by atoms with E-state index < -0.39 is 0 Å². The van der Waals surface area contributed by atoms with Gasteiger partial charge in [-0.1, -0.05) is 6.07 Å². The Balaban J connectivity index is 1.79. The lowest BCUT2D eigenvalue weighted by molar-refractivity contribution is 0.0943. The van der Waals surface area contributed by atoms with E-state index in [1.165, 1.54) is 0 Å². The zero-order valence-electron chi connectivity index (χ0n) is 9.84. The molecule has 1 amide bonds. The maximum Gasteiger partial charge on any atom is 0.268 e. The fraction of sp³-hybridized carbons (Fsp3) is 0.154. The molecule has 0 spiro atoms. The number of carbonyl (C=O) groups is 1. The van der Waals surface area contributed by atoms with Gasteiger partial charge < -0.3 is 14.3 Å². The Hall–Kier alpha value is -2.01. The van der Waals surface area contributed by atoms with Crippen LogP contribution in [0, 0.1) is 0 Å². The van der Waals surface area contributed by atoms with Crippen LogP contribution >= 0.6 is 11.3 Å². The molecule has 0 saturated carbocycles. The van der Waals surface area contributed by atoms with E-state index in [0.29, 0.717) is 12.2 Å². The summed E-state index contributed by atoms with van der Waals surface area (Å²) in [4.78, 5) is 13.2. The Morgan fingerprint density at radius 1 is 1.50 bits per heavy atom. The number of hydrogen-bond acceptors (Lipinski definition) is 3. The third kappa shape index (κ3) is 1.82. The van der Waals surface area contributed by atoms with E-state index in [2.05, 4.69) is 5.32 Å². The van der Waals surface area contributed by atoms with Crippen molar-refractivity contribution >= 4 is 28.3 Å². The highest BCUT2D eigenvalue weighted by atomic mass is 32.1. The maximum atomic E-state index is 12.1. The van der Waals surface area contributed by atoms with Crippen LogP contribution < -0.4 is 5.32 Å². The molecular weight excluding hydrogens is 248 g/mol. The molecular formula is C13H12N2O2S. The second-order valence-corrected chi connectivity index (χ2v) is 5.05. The van der Waals surface area contributed by atoms with Crippen molar-refractivity contribution in [2.75, 3.05) is 0 Å². The van der Waals surface area contributed by atoms with Gasteiger partial charge in [0.2, 0.25) is 0 Å². The van der Waals surface area contributed by atoms with E-state index in [1.54, 1.807) is 23.7 Å². The minimum atomic E-state index is -0.0858. The molecule has 3 heterocycles. The standard InChI is InChI=1S/C13H12N2O2S/c1-15-10-4-5-17-12(10)7-11(15)13(16)14-8-9-3-2-6-18-9/h2-7H,8H2,1H3,(H,14,16). The molecule has 0 aliphatic carbocycles. The number of fused-ring (bicyclic) bond motifs is 1. The van der Waals surface area contributed by atoms with Crippen molar-refractivity contribution in [3.63, 3.8) is 0 Å². The third-order valence-corrected chi connectivity index (χ3v) is 3.78. The van der Waals surface area contributed by atoms with Gasteiger partial charge in [0.15, 0.2) is 5.58 Å². The number of thiophene rings is 1. The number of furan rings is 1. The van der Waals surface area contributed by atoms with Gasteiger partial charge in [-0.15, -0.1) is 11.3 Å². The summed E-state index contributed by atoms with van der Waals surface area (Å²) in [6, 6.07) is 7.59. The second-order valence-electron chi connectivity index (χ2n) is 4.02. The van der Waals surface area contributed by atoms with Gasteiger partial charge in [0.05, 0.1) is 18.3 Å². The Morgan fingerprint density at radius 3 is 3.11 bits per heavy atom. The molecule has 3 aromatic heterocycles. The van der Waals surface area contributed by atoms with E-state index in [9.17, 15) is 4.79 Å². The Kier molecular flexibility index (Phi) is 2.68. The summed E-state index contributed by atoms with van der Waals surface area (Å²) in [5, 5.41) is 4.90. The van der Waals surface area contributed by atoms with Crippen molar-refractivity contribution in [3.05, 3.63) is 46.5 Å². The zero-order valence-corrected chi connectivity index (χ0v) is 10.7. The van der Waals surface area contributed by atoms with Crippen molar-refractivity contribution in [1.29, 1.82) is 0 Å². The van der Waals surface area contributed by atoms with Crippen LogP contribution in [-0.2, 0) is 13.6 Å².